The minimum absolute atomic E-state index is 0.0224. The Kier molecular flexibility index (Phi) is 5.77. The van der Waals surface area contributed by atoms with Gasteiger partial charge >= 0.3 is 6.09 Å². The smallest absolute Gasteiger partial charge is 0.409 e. The number of nitrogens with zero attached hydrogens (tertiary/aromatic N) is 2. The molecule has 2 heterocycles. The van der Waals surface area contributed by atoms with Gasteiger partial charge in [0.25, 0.3) is 0 Å². The number of likely N-dealkylation sites (tertiary alicyclic amines) is 1. The summed E-state index contributed by atoms with van der Waals surface area (Å²) in [5.41, 5.74) is 1.60. The Morgan fingerprint density at radius 1 is 1.15 bits per heavy atom. The number of fused-ring (bicyclic) bond motifs is 2. The molecule has 176 valence electrons. The third kappa shape index (κ3) is 4.14. The quantitative estimate of drug-likeness (QED) is 0.523. The molecule has 2 aliphatic rings. The minimum Gasteiger partial charge on any atom is -0.425 e. The lowest BCUT2D eigenvalue weighted by Crippen LogP contribution is -2.44. The number of piperidine rings is 1. The average molecular weight is 484 g/mol. The minimum atomic E-state index is -0.728. The number of alkyl carbamates (subject to hydrolysis) is 1. The van der Waals surface area contributed by atoms with E-state index in [-0.39, 0.29) is 41.4 Å². The molecule has 0 unspecified atom stereocenters. The van der Waals surface area contributed by atoms with Crippen molar-refractivity contribution in [3.63, 3.8) is 0 Å². The maximum absolute atomic E-state index is 14.1. The average Bonchev–Trinajstić information content (AvgIpc) is 3.31. The van der Waals surface area contributed by atoms with Crippen LogP contribution >= 0.6 is 11.6 Å². The fourth-order valence-electron chi connectivity index (χ4n) is 4.77. The van der Waals surface area contributed by atoms with Gasteiger partial charge in [-0.2, -0.15) is 0 Å². The number of halogens is 2. The number of hydrogen-bond acceptors (Lipinski definition) is 4. The van der Waals surface area contributed by atoms with Crippen LogP contribution in [0.5, 0.6) is 0 Å². The number of Topliss-reactive ketones (excluding diaryl/α,β-unsaturated/α-hetero) is 1. The number of carbonyl (C=O) groups is 3. The van der Waals surface area contributed by atoms with E-state index in [4.69, 9.17) is 16.3 Å². The van der Waals surface area contributed by atoms with Gasteiger partial charge in [0, 0.05) is 47.2 Å². The standard InChI is InChI=1S/C25H23ClFN3O4/c1-14(31)18-12-29(20-8-3-2-6-17(18)20)13-22(32)30-21-9-16(21)10-23(30)34-25(33)28-11-15-5-4-7-19(26)24(15)27/h2-8,12,16,21,23H,9-11,13H2,1H3,(H,28,33)/t16-,21-,23+/m1/s1. The van der Waals surface area contributed by atoms with Crippen LogP contribution in [0.15, 0.2) is 48.7 Å². The zero-order valence-corrected chi connectivity index (χ0v) is 19.2. The number of aromatic nitrogens is 1. The molecule has 7 nitrogen and oxygen atoms in total. The van der Waals surface area contributed by atoms with E-state index in [1.54, 1.807) is 21.7 Å². The predicted molar refractivity (Wildman–Crippen MR) is 124 cm³/mol. The molecular formula is C25H23ClFN3O4. The molecule has 0 radical (unpaired) electrons. The molecule has 0 bridgehead atoms. The first-order chi connectivity index (χ1) is 16.3. The van der Waals surface area contributed by atoms with E-state index in [2.05, 4.69) is 5.32 Å². The fourth-order valence-corrected chi connectivity index (χ4v) is 4.96. The third-order valence-corrected chi connectivity index (χ3v) is 6.81. The second-order valence-electron chi connectivity index (χ2n) is 8.77. The van der Waals surface area contributed by atoms with Crippen LogP contribution in [-0.2, 0) is 22.6 Å². The van der Waals surface area contributed by atoms with E-state index in [1.165, 1.54) is 19.1 Å². The summed E-state index contributed by atoms with van der Waals surface area (Å²) in [5.74, 6) is -0.534. The molecule has 3 aromatic rings. The van der Waals surface area contributed by atoms with Crippen molar-refractivity contribution >= 4 is 40.3 Å². The van der Waals surface area contributed by atoms with E-state index < -0.39 is 18.1 Å². The summed E-state index contributed by atoms with van der Waals surface area (Å²) in [6.45, 7) is 1.45. The highest BCUT2D eigenvalue weighted by Crippen LogP contribution is 2.48. The lowest BCUT2D eigenvalue weighted by molar-refractivity contribution is -0.140. The van der Waals surface area contributed by atoms with Crippen molar-refractivity contribution in [3.05, 3.63) is 70.6 Å². The van der Waals surface area contributed by atoms with E-state index >= 15 is 0 Å². The molecule has 3 atom stereocenters. The molecule has 1 aliphatic heterocycles. The van der Waals surface area contributed by atoms with Crippen molar-refractivity contribution in [2.75, 3.05) is 0 Å². The number of ether oxygens (including phenoxy) is 1. The van der Waals surface area contributed by atoms with Crippen LogP contribution < -0.4 is 5.32 Å². The van der Waals surface area contributed by atoms with Gasteiger partial charge in [0.05, 0.1) is 5.02 Å². The lowest BCUT2D eigenvalue weighted by atomic mass is 10.1. The Balaban J connectivity index is 1.27. The molecule has 5 rings (SSSR count). The molecule has 2 aromatic carbocycles. The number of hydrogen-bond donors (Lipinski definition) is 1. The van der Waals surface area contributed by atoms with Crippen molar-refractivity contribution in [1.29, 1.82) is 0 Å². The summed E-state index contributed by atoms with van der Waals surface area (Å²) in [6.07, 6.45) is 1.74. The molecule has 9 heteroatoms. The van der Waals surface area contributed by atoms with E-state index in [0.717, 1.165) is 17.3 Å². The Labute approximate surface area is 200 Å². The Morgan fingerprint density at radius 3 is 2.74 bits per heavy atom. The number of amides is 2. The molecule has 1 aromatic heterocycles. The van der Waals surface area contributed by atoms with Crippen LogP contribution in [0.1, 0.15) is 35.7 Å². The lowest BCUT2D eigenvalue weighted by Gasteiger charge is -2.27. The van der Waals surface area contributed by atoms with Gasteiger partial charge in [-0.15, -0.1) is 0 Å². The second-order valence-corrected chi connectivity index (χ2v) is 9.18. The van der Waals surface area contributed by atoms with Gasteiger partial charge in [-0.05, 0) is 31.4 Å². The molecular weight excluding hydrogens is 461 g/mol. The van der Waals surface area contributed by atoms with Crippen molar-refractivity contribution in [3.8, 4) is 0 Å². The van der Waals surface area contributed by atoms with Crippen LogP contribution in [0.2, 0.25) is 5.02 Å². The van der Waals surface area contributed by atoms with Crippen LogP contribution in [0.4, 0.5) is 9.18 Å². The van der Waals surface area contributed by atoms with Crippen molar-refractivity contribution in [2.24, 2.45) is 5.92 Å². The molecule has 1 saturated heterocycles. The number of benzene rings is 2. The first-order valence-electron chi connectivity index (χ1n) is 11.1. The molecule has 2 amide bonds. The zero-order valence-electron chi connectivity index (χ0n) is 18.5. The van der Waals surface area contributed by atoms with Gasteiger partial charge in [-0.3, -0.25) is 9.59 Å². The first kappa shape index (κ1) is 22.4. The summed E-state index contributed by atoms with van der Waals surface area (Å²) >= 11 is 5.78. The van der Waals surface area contributed by atoms with Crippen LogP contribution in [0.3, 0.4) is 0 Å². The van der Waals surface area contributed by atoms with Gasteiger partial charge in [-0.25, -0.2) is 9.18 Å². The normalized spacial score (nSPS) is 20.8. The maximum Gasteiger partial charge on any atom is 0.409 e. The molecule has 2 fully saturated rings. The summed E-state index contributed by atoms with van der Waals surface area (Å²) in [7, 11) is 0. The van der Waals surface area contributed by atoms with E-state index in [0.29, 0.717) is 17.9 Å². The van der Waals surface area contributed by atoms with Crippen LogP contribution in [0, 0.1) is 11.7 Å². The fraction of sp³-hybridized carbons (Fsp3) is 0.320. The van der Waals surface area contributed by atoms with Crippen LogP contribution in [-0.4, -0.2) is 39.5 Å². The van der Waals surface area contributed by atoms with Gasteiger partial charge in [0.1, 0.15) is 12.4 Å². The monoisotopic (exact) mass is 483 g/mol. The van der Waals surface area contributed by atoms with Crippen molar-refractivity contribution in [2.45, 2.75) is 45.1 Å². The highest BCUT2D eigenvalue weighted by molar-refractivity contribution is 6.30. The Bertz CT molecular complexity index is 1310. The topological polar surface area (TPSA) is 80.6 Å². The number of carbonyl (C=O) groups excluding carboxylic acids is 3. The second kappa shape index (κ2) is 8.76. The van der Waals surface area contributed by atoms with E-state index in [1.807, 2.05) is 24.3 Å². The van der Waals surface area contributed by atoms with Crippen molar-refractivity contribution < 1.29 is 23.5 Å². The summed E-state index contributed by atoms with van der Waals surface area (Å²) in [6, 6.07) is 12.0. The maximum atomic E-state index is 14.1. The summed E-state index contributed by atoms with van der Waals surface area (Å²) in [5, 5.41) is 3.31. The van der Waals surface area contributed by atoms with Gasteiger partial charge in [0.15, 0.2) is 12.0 Å². The van der Waals surface area contributed by atoms with E-state index in [9.17, 15) is 18.8 Å². The number of nitrogens with one attached hydrogen (secondary N) is 1. The zero-order chi connectivity index (χ0) is 24.0. The first-order valence-corrected chi connectivity index (χ1v) is 11.5. The molecule has 1 aliphatic carbocycles. The summed E-state index contributed by atoms with van der Waals surface area (Å²) < 4.78 is 21.4. The molecule has 0 spiro atoms. The Hall–Kier alpha value is -3.39. The molecule has 1 saturated carbocycles. The van der Waals surface area contributed by atoms with Gasteiger partial charge in [0.2, 0.25) is 5.91 Å². The Morgan fingerprint density at radius 2 is 1.94 bits per heavy atom. The number of rotatable bonds is 6. The molecule has 34 heavy (non-hydrogen) atoms. The number of para-hydroxylation sites is 1. The number of ketones is 1. The predicted octanol–water partition coefficient (Wildman–Crippen LogP) is 4.51. The highest BCUT2D eigenvalue weighted by Gasteiger charge is 2.55. The SMILES string of the molecule is CC(=O)c1cn(CC(=O)N2[C@@H](OC(=O)NCc3cccc(Cl)c3F)C[C@H]3C[C@H]32)c2ccccc12. The highest BCUT2D eigenvalue weighted by atomic mass is 35.5. The van der Waals surface area contributed by atoms with Gasteiger partial charge < -0.3 is 19.5 Å². The molecule has 1 N–H and O–H groups in total. The largest absolute Gasteiger partial charge is 0.425 e. The van der Waals surface area contributed by atoms with Gasteiger partial charge in [-0.1, -0.05) is 41.9 Å². The van der Waals surface area contributed by atoms with Crippen molar-refractivity contribution in [1.82, 2.24) is 14.8 Å². The van der Waals surface area contributed by atoms with Crippen LogP contribution in [0.25, 0.3) is 10.9 Å². The third-order valence-electron chi connectivity index (χ3n) is 6.52. The summed E-state index contributed by atoms with van der Waals surface area (Å²) in [4.78, 5) is 39.4.